The molecule has 1 aliphatic rings. The zero-order valence-electron chi connectivity index (χ0n) is 10.3. The fraction of sp³-hybridized carbons (Fsp3) is 0.0625. The molecule has 0 unspecified atom stereocenters. The Morgan fingerprint density at radius 2 is 1.47 bits per heavy atom. The molecule has 1 aliphatic carbocycles. The monoisotopic (exact) mass is 251 g/mol. The average Bonchev–Trinajstić information content (AvgIpc) is 2.71. The molecule has 2 aromatic carbocycles. The number of fused-ring (bicyclic) bond motifs is 1. The van der Waals surface area contributed by atoms with E-state index >= 15 is 0 Å². The summed E-state index contributed by atoms with van der Waals surface area (Å²) in [6.45, 7) is 0. The number of carbonyl (C=O) groups excluding carboxylic acids is 1. The van der Waals surface area contributed by atoms with Gasteiger partial charge in [-0.1, -0.05) is 48.2 Å². The Balaban J connectivity index is 2.23. The smallest absolute Gasteiger partial charge is 0.193 e. The molecule has 3 rings (SSSR count). The number of benzene rings is 2. The highest BCUT2D eigenvalue weighted by molar-refractivity contribution is 6.39. The summed E-state index contributed by atoms with van der Waals surface area (Å²) in [5.74, 6) is 0.0715. The number of carbonyl (C=O) groups is 1. The number of Topliss-reactive ketones (excluding diaryl/α,β-unsaturated/α-hetero) is 1. The van der Waals surface area contributed by atoms with Gasteiger partial charge in [0.15, 0.2) is 5.78 Å². The molecule has 0 spiro atoms. The van der Waals surface area contributed by atoms with Gasteiger partial charge in [0.25, 0.3) is 0 Å². The van der Waals surface area contributed by atoms with E-state index in [1.165, 1.54) is 7.11 Å². The largest absolute Gasteiger partial charge is 0.872 e. The van der Waals surface area contributed by atoms with E-state index in [4.69, 9.17) is 4.74 Å². The highest BCUT2D eigenvalue weighted by Crippen LogP contribution is 2.38. The number of rotatable bonds is 2. The molecule has 0 radical (unpaired) electrons. The summed E-state index contributed by atoms with van der Waals surface area (Å²) in [5.41, 5.74) is 1.68. The third-order valence-electron chi connectivity index (χ3n) is 3.25. The first-order valence-corrected chi connectivity index (χ1v) is 5.93. The molecule has 19 heavy (non-hydrogen) atoms. The number of para-hydroxylation sites is 1. The van der Waals surface area contributed by atoms with Crippen molar-refractivity contribution in [1.29, 1.82) is 0 Å². The molecule has 2 aromatic rings. The second kappa shape index (κ2) is 4.28. The van der Waals surface area contributed by atoms with Gasteiger partial charge in [-0.3, -0.25) is 4.79 Å². The highest BCUT2D eigenvalue weighted by Gasteiger charge is 2.26. The molecule has 0 heterocycles. The summed E-state index contributed by atoms with van der Waals surface area (Å²) in [6.07, 6.45) is 0. The molecule has 3 heteroatoms. The van der Waals surface area contributed by atoms with Crippen LogP contribution >= 0.6 is 0 Å². The normalized spacial score (nSPS) is 13.6. The van der Waals surface area contributed by atoms with Crippen molar-refractivity contribution in [2.75, 3.05) is 7.11 Å². The summed E-state index contributed by atoms with van der Waals surface area (Å²) in [4.78, 5) is 12.4. The third-order valence-corrected chi connectivity index (χ3v) is 3.25. The molecule has 0 fully saturated rings. The molecule has 0 N–H and O–H groups in total. The molecule has 0 bridgehead atoms. The van der Waals surface area contributed by atoms with Gasteiger partial charge in [0, 0.05) is 16.7 Å². The van der Waals surface area contributed by atoms with Crippen LogP contribution in [0.3, 0.4) is 0 Å². The lowest BCUT2D eigenvalue weighted by Crippen LogP contribution is -2.04. The van der Waals surface area contributed by atoms with Crippen LogP contribution in [-0.4, -0.2) is 12.9 Å². The lowest BCUT2D eigenvalue weighted by Gasteiger charge is -2.13. The van der Waals surface area contributed by atoms with Crippen molar-refractivity contribution in [2.24, 2.45) is 0 Å². The van der Waals surface area contributed by atoms with E-state index < -0.39 is 0 Å². The van der Waals surface area contributed by atoms with Gasteiger partial charge in [-0.25, -0.2) is 0 Å². The molecular weight excluding hydrogens is 240 g/mol. The first-order chi connectivity index (χ1) is 9.24. The van der Waals surface area contributed by atoms with Gasteiger partial charge >= 0.3 is 0 Å². The third kappa shape index (κ3) is 1.63. The summed E-state index contributed by atoms with van der Waals surface area (Å²) in [7, 11) is 1.52. The van der Waals surface area contributed by atoms with Crippen molar-refractivity contribution in [1.82, 2.24) is 0 Å². The van der Waals surface area contributed by atoms with Crippen molar-refractivity contribution in [3.63, 3.8) is 0 Å². The van der Waals surface area contributed by atoms with E-state index in [-0.39, 0.29) is 17.1 Å². The van der Waals surface area contributed by atoms with Crippen LogP contribution in [0, 0.1) is 0 Å². The lowest BCUT2D eigenvalue weighted by molar-refractivity contribution is -0.242. The van der Waals surface area contributed by atoms with Crippen LogP contribution in [0.4, 0.5) is 0 Å². The number of hydrogen-bond donors (Lipinski definition) is 0. The number of allylic oxidation sites excluding steroid dienone is 1. The van der Waals surface area contributed by atoms with Crippen molar-refractivity contribution in [2.45, 2.75) is 0 Å². The summed E-state index contributed by atoms with van der Waals surface area (Å²) >= 11 is 0. The maximum absolute atomic E-state index is 12.4. The fourth-order valence-corrected chi connectivity index (χ4v) is 2.35. The zero-order valence-corrected chi connectivity index (χ0v) is 10.3. The molecule has 0 aliphatic heterocycles. The Morgan fingerprint density at radius 3 is 2.11 bits per heavy atom. The van der Waals surface area contributed by atoms with Gasteiger partial charge in [0.1, 0.15) is 5.75 Å². The Hall–Kier alpha value is -2.55. The van der Waals surface area contributed by atoms with Crippen LogP contribution in [0.1, 0.15) is 21.5 Å². The highest BCUT2D eigenvalue weighted by atomic mass is 16.5. The average molecular weight is 251 g/mol. The number of ketones is 1. The summed E-state index contributed by atoms with van der Waals surface area (Å²) < 4.78 is 5.23. The minimum absolute atomic E-state index is 0.193. The first-order valence-electron chi connectivity index (χ1n) is 5.93. The van der Waals surface area contributed by atoms with Crippen molar-refractivity contribution in [3.05, 3.63) is 65.2 Å². The predicted octanol–water partition coefficient (Wildman–Crippen LogP) is 2.12. The van der Waals surface area contributed by atoms with Gasteiger partial charge < -0.3 is 9.84 Å². The molecule has 0 saturated heterocycles. The van der Waals surface area contributed by atoms with E-state index in [0.717, 1.165) is 0 Å². The maximum Gasteiger partial charge on any atom is 0.193 e. The Labute approximate surface area is 110 Å². The number of ether oxygens (including phenoxy) is 1. The second-order valence-corrected chi connectivity index (χ2v) is 4.28. The maximum atomic E-state index is 12.4. The summed E-state index contributed by atoms with van der Waals surface area (Å²) in [5, 5.41) is 12.4. The van der Waals surface area contributed by atoms with E-state index in [1.54, 1.807) is 48.5 Å². The molecule has 0 atom stereocenters. The molecule has 3 nitrogen and oxygen atoms in total. The van der Waals surface area contributed by atoms with Gasteiger partial charge in [0.2, 0.25) is 0 Å². The van der Waals surface area contributed by atoms with Gasteiger partial charge in [-0.15, -0.1) is 0 Å². The minimum Gasteiger partial charge on any atom is -0.872 e. The topological polar surface area (TPSA) is 49.4 Å². The molecular formula is C16H11O3-. The van der Waals surface area contributed by atoms with E-state index in [2.05, 4.69) is 0 Å². The van der Waals surface area contributed by atoms with Gasteiger partial charge in [-0.2, -0.15) is 0 Å². The lowest BCUT2D eigenvalue weighted by atomic mass is 10.0. The van der Waals surface area contributed by atoms with E-state index in [0.29, 0.717) is 22.4 Å². The van der Waals surface area contributed by atoms with Crippen LogP contribution in [0.15, 0.2) is 48.5 Å². The number of hydrogen-bond acceptors (Lipinski definition) is 3. The molecule has 94 valence electrons. The van der Waals surface area contributed by atoms with Crippen molar-refractivity contribution >= 4 is 17.1 Å². The van der Waals surface area contributed by atoms with E-state index in [1.807, 2.05) is 0 Å². The Morgan fingerprint density at radius 1 is 0.895 bits per heavy atom. The fourth-order valence-electron chi connectivity index (χ4n) is 2.35. The van der Waals surface area contributed by atoms with E-state index in [9.17, 15) is 9.90 Å². The zero-order chi connectivity index (χ0) is 13.4. The predicted molar refractivity (Wildman–Crippen MR) is 70.6 cm³/mol. The standard InChI is InChI=1S/C16H12O3/c1-19-13-9-5-4-8-12(13)14-15(17)10-6-2-3-7-11(10)16(14)18/h2-9,17H,1H3/p-1. The number of methoxy groups -OCH3 is 1. The van der Waals surface area contributed by atoms with Crippen LogP contribution in [0.5, 0.6) is 5.75 Å². The van der Waals surface area contributed by atoms with Crippen LogP contribution in [0.25, 0.3) is 11.3 Å². The molecule has 0 aromatic heterocycles. The Kier molecular flexibility index (Phi) is 2.60. The summed E-state index contributed by atoms with van der Waals surface area (Å²) in [6, 6.07) is 13.9. The van der Waals surface area contributed by atoms with Crippen molar-refractivity contribution < 1.29 is 14.6 Å². The Bertz CT molecular complexity index is 699. The van der Waals surface area contributed by atoms with Crippen molar-refractivity contribution in [3.8, 4) is 5.75 Å². The molecule has 0 amide bonds. The van der Waals surface area contributed by atoms with Gasteiger partial charge in [0.05, 0.1) is 7.11 Å². The second-order valence-electron chi connectivity index (χ2n) is 4.28. The molecule has 0 saturated carbocycles. The van der Waals surface area contributed by atoms with Crippen LogP contribution in [-0.2, 0) is 0 Å². The van der Waals surface area contributed by atoms with Crippen LogP contribution < -0.4 is 9.84 Å². The quantitative estimate of drug-likeness (QED) is 0.821. The SMILES string of the molecule is COc1ccccc1C1=C([O-])c2ccccc2C1=O. The minimum atomic E-state index is -0.231. The van der Waals surface area contributed by atoms with Gasteiger partial charge in [-0.05, 0) is 11.6 Å². The van der Waals surface area contributed by atoms with Crippen LogP contribution in [0.2, 0.25) is 0 Å². The first kappa shape index (κ1) is 11.5.